The van der Waals surface area contributed by atoms with Crippen LogP contribution in [-0.2, 0) is 0 Å². The first-order valence-corrected chi connectivity index (χ1v) is 6.65. The normalized spacial score (nSPS) is 10.8. The topological polar surface area (TPSA) is 37.8 Å². The molecule has 3 nitrogen and oxygen atoms in total. The van der Waals surface area contributed by atoms with Gasteiger partial charge in [0.15, 0.2) is 0 Å². The summed E-state index contributed by atoms with van der Waals surface area (Å²) in [5, 5.41) is 3.08. The fourth-order valence-electron chi connectivity index (χ4n) is 2.11. The molecule has 1 aromatic heterocycles. The molecule has 0 aliphatic heterocycles. The predicted octanol–water partition coefficient (Wildman–Crippen LogP) is 3.93. The van der Waals surface area contributed by atoms with Crippen molar-refractivity contribution in [1.82, 2.24) is 9.97 Å². The summed E-state index contributed by atoms with van der Waals surface area (Å²) in [6.07, 6.45) is 0. The van der Waals surface area contributed by atoms with Crippen molar-refractivity contribution < 1.29 is 0 Å². The summed E-state index contributed by atoms with van der Waals surface area (Å²) in [6, 6.07) is 8.60. The monoisotopic (exact) mass is 255 g/mol. The van der Waals surface area contributed by atoms with Crippen LogP contribution in [0.3, 0.4) is 0 Å². The van der Waals surface area contributed by atoms with Crippen LogP contribution in [0.15, 0.2) is 24.3 Å². The van der Waals surface area contributed by atoms with Crippen molar-refractivity contribution in [1.29, 1.82) is 0 Å². The minimum absolute atomic E-state index is 0.519. The number of aromatic nitrogens is 2. The number of hydrogen-bond donors (Lipinski definition) is 1. The van der Waals surface area contributed by atoms with Crippen LogP contribution < -0.4 is 5.32 Å². The quantitative estimate of drug-likeness (QED) is 0.903. The van der Waals surface area contributed by atoms with Crippen LogP contribution in [0.5, 0.6) is 0 Å². The Kier molecular flexibility index (Phi) is 3.84. The van der Waals surface area contributed by atoms with Gasteiger partial charge in [-0.05, 0) is 37.0 Å². The SMILES string of the molecule is CNc1cc(-c2cc(C(C)C)ccc2C)nc(C)n1. The van der Waals surface area contributed by atoms with Gasteiger partial charge in [0.1, 0.15) is 11.6 Å². The molecule has 0 radical (unpaired) electrons. The van der Waals surface area contributed by atoms with Gasteiger partial charge in [0.2, 0.25) is 0 Å². The molecule has 100 valence electrons. The Morgan fingerprint density at radius 3 is 2.42 bits per heavy atom. The van der Waals surface area contributed by atoms with E-state index in [4.69, 9.17) is 0 Å². The zero-order chi connectivity index (χ0) is 14.0. The molecular weight excluding hydrogens is 234 g/mol. The van der Waals surface area contributed by atoms with Crippen LogP contribution in [0, 0.1) is 13.8 Å². The molecule has 0 bridgehead atoms. The van der Waals surface area contributed by atoms with Gasteiger partial charge in [-0.1, -0.05) is 26.0 Å². The van der Waals surface area contributed by atoms with Gasteiger partial charge in [-0.15, -0.1) is 0 Å². The molecule has 0 saturated heterocycles. The third kappa shape index (κ3) is 2.92. The van der Waals surface area contributed by atoms with Crippen LogP contribution in [0.25, 0.3) is 11.3 Å². The van der Waals surface area contributed by atoms with Crippen molar-refractivity contribution in [2.45, 2.75) is 33.6 Å². The first kappa shape index (κ1) is 13.5. The summed E-state index contributed by atoms with van der Waals surface area (Å²) >= 11 is 0. The molecule has 2 rings (SSSR count). The van der Waals surface area contributed by atoms with E-state index in [1.54, 1.807) is 0 Å². The number of aryl methyl sites for hydroxylation is 2. The fourth-order valence-corrected chi connectivity index (χ4v) is 2.11. The number of hydrogen-bond acceptors (Lipinski definition) is 3. The second-order valence-corrected chi connectivity index (χ2v) is 5.16. The van der Waals surface area contributed by atoms with Gasteiger partial charge in [0.05, 0.1) is 5.69 Å². The zero-order valence-corrected chi connectivity index (χ0v) is 12.3. The smallest absolute Gasteiger partial charge is 0.130 e. The van der Waals surface area contributed by atoms with E-state index < -0.39 is 0 Å². The first-order chi connectivity index (χ1) is 9.01. The summed E-state index contributed by atoms with van der Waals surface area (Å²) in [4.78, 5) is 8.91. The molecule has 1 N–H and O–H groups in total. The van der Waals surface area contributed by atoms with Crippen LogP contribution in [-0.4, -0.2) is 17.0 Å². The Balaban J connectivity index is 2.57. The Morgan fingerprint density at radius 2 is 1.79 bits per heavy atom. The second-order valence-electron chi connectivity index (χ2n) is 5.16. The molecule has 0 fully saturated rings. The summed E-state index contributed by atoms with van der Waals surface area (Å²) in [5.74, 6) is 2.17. The number of benzene rings is 1. The van der Waals surface area contributed by atoms with E-state index in [-0.39, 0.29) is 0 Å². The molecule has 0 atom stereocenters. The molecule has 0 aliphatic rings. The molecule has 0 saturated carbocycles. The van der Waals surface area contributed by atoms with Gasteiger partial charge in [0.25, 0.3) is 0 Å². The Morgan fingerprint density at radius 1 is 1.05 bits per heavy atom. The standard InChI is InChI=1S/C16H21N3/c1-10(2)13-7-6-11(3)14(8-13)15-9-16(17-5)19-12(4)18-15/h6-10H,1-5H3,(H,17,18,19). The van der Waals surface area contributed by atoms with E-state index in [1.807, 2.05) is 20.0 Å². The first-order valence-electron chi connectivity index (χ1n) is 6.65. The van der Waals surface area contributed by atoms with E-state index in [9.17, 15) is 0 Å². The summed E-state index contributed by atoms with van der Waals surface area (Å²) in [6.45, 7) is 8.46. The summed E-state index contributed by atoms with van der Waals surface area (Å²) in [5.41, 5.74) is 4.75. The van der Waals surface area contributed by atoms with Gasteiger partial charge in [-0.2, -0.15) is 0 Å². The average Bonchev–Trinajstić information content (AvgIpc) is 2.38. The van der Waals surface area contributed by atoms with Crippen molar-refractivity contribution in [2.75, 3.05) is 12.4 Å². The van der Waals surface area contributed by atoms with Crippen LogP contribution >= 0.6 is 0 Å². The molecule has 0 amide bonds. The highest BCUT2D eigenvalue weighted by Crippen LogP contribution is 2.27. The Labute approximate surface area is 115 Å². The highest BCUT2D eigenvalue weighted by Gasteiger charge is 2.09. The molecule has 3 heteroatoms. The molecule has 1 heterocycles. The maximum atomic E-state index is 4.56. The molecule has 0 aliphatic carbocycles. The Hall–Kier alpha value is -1.90. The van der Waals surface area contributed by atoms with Crippen molar-refractivity contribution >= 4 is 5.82 Å². The lowest BCUT2D eigenvalue weighted by Crippen LogP contribution is -1.99. The minimum atomic E-state index is 0.519. The van der Waals surface area contributed by atoms with Gasteiger partial charge >= 0.3 is 0 Å². The lowest BCUT2D eigenvalue weighted by atomic mass is 9.96. The molecule has 1 aromatic carbocycles. The van der Waals surface area contributed by atoms with E-state index in [2.05, 4.69) is 54.3 Å². The lowest BCUT2D eigenvalue weighted by molar-refractivity contribution is 0.866. The molecular formula is C16H21N3. The minimum Gasteiger partial charge on any atom is -0.373 e. The highest BCUT2D eigenvalue weighted by molar-refractivity contribution is 5.67. The van der Waals surface area contributed by atoms with Gasteiger partial charge in [0, 0.05) is 18.7 Å². The second kappa shape index (κ2) is 5.39. The highest BCUT2D eigenvalue weighted by atomic mass is 15.0. The number of anilines is 1. The average molecular weight is 255 g/mol. The van der Waals surface area contributed by atoms with Crippen molar-refractivity contribution in [3.63, 3.8) is 0 Å². The number of nitrogens with one attached hydrogen (secondary N) is 1. The molecule has 2 aromatic rings. The Bertz CT molecular complexity index is 589. The van der Waals surface area contributed by atoms with Gasteiger partial charge < -0.3 is 5.32 Å². The fraction of sp³-hybridized carbons (Fsp3) is 0.375. The molecule has 0 unspecified atom stereocenters. The zero-order valence-electron chi connectivity index (χ0n) is 12.3. The van der Waals surface area contributed by atoms with Crippen LogP contribution in [0.4, 0.5) is 5.82 Å². The van der Waals surface area contributed by atoms with Gasteiger partial charge in [-0.25, -0.2) is 9.97 Å². The summed E-state index contributed by atoms with van der Waals surface area (Å²) in [7, 11) is 1.88. The van der Waals surface area contributed by atoms with Crippen LogP contribution in [0.2, 0.25) is 0 Å². The van der Waals surface area contributed by atoms with E-state index in [0.717, 1.165) is 17.3 Å². The summed E-state index contributed by atoms with van der Waals surface area (Å²) < 4.78 is 0. The van der Waals surface area contributed by atoms with Crippen molar-refractivity contribution in [3.8, 4) is 11.3 Å². The molecule has 0 spiro atoms. The van der Waals surface area contributed by atoms with Gasteiger partial charge in [-0.3, -0.25) is 0 Å². The lowest BCUT2D eigenvalue weighted by Gasteiger charge is -2.12. The number of nitrogens with zero attached hydrogens (tertiary/aromatic N) is 2. The van der Waals surface area contributed by atoms with E-state index >= 15 is 0 Å². The molecule has 19 heavy (non-hydrogen) atoms. The van der Waals surface area contributed by atoms with E-state index in [1.165, 1.54) is 16.7 Å². The predicted molar refractivity (Wildman–Crippen MR) is 80.6 cm³/mol. The maximum absolute atomic E-state index is 4.56. The maximum Gasteiger partial charge on any atom is 0.130 e. The van der Waals surface area contributed by atoms with Crippen molar-refractivity contribution in [2.24, 2.45) is 0 Å². The number of rotatable bonds is 3. The van der Waals surface area contributed by atoms with Crippen LogP contribution in [0.1, 0.15) is 36.7 Å². The van der Waals surface area contributed by atoms with E-state index in [0.29, 0.717) is 5.92 Å². The third-order valence-electron chi connectivity index (χ3n) is 3.30. The largest absolute Gasteiger partial charge is 0.373 e. The van der Waals surface area contributed by atoms with Crippen molar-refractivity contribution in [3.05, 3.63) is 41.2 Å². The third-order valence-corrected chi connectivity index (χ3v) is 3.30.